The molecule has 3 aliphatic heterocycles. The minimum Gasteiger partial charge on any atom is -0.362 e. The number of hydrogen-bond acceptors (Lipinski definition) is 5. The van der Waals surface area contributed by atoms with Crippen LogP contribution in [0.5, 0.6) is 0 Å². The predicted octanol–water partition coefficient (Wildman–Crippen LogP) is 2.08. The van der Waals surface area contributed by atoms with Crippen LogP contribution in [-0.2, 0) is 14.3 Å². The van der Waals surface area contributed by atoms with E-state index in [4.69, 9.17) is 16.3 Å². The summed E-state index contributed by atoms with van der Waals surface area (Å²) in [4.78, 5) is 37.0. The Bertz CT molecular complexity index is 807. The monoisotopic (exact) mass is 334 g/mol. The maximum atomic E-state index is 12.8. The summed E-state index contributed by atoms with van der Waals surface area (Å²) < 4.78 is 5.71. The van der Waals surface area contributed by atoms with Gasteiger partial charge in [-0.2, -0.15) is 0 Å². The molecule has 2 saturated heterocycles. The number of nitro groups is 1. The summed E-state index contributed by atoms with van der Waals surface area (Å²) in [6, 6.07) is 3.88. The number of ether oxygens (including phenoxy) is 1. The van der Waals surface area contributed by atoms with Crippen LogP contribution in [-0.4, -0.2) is 28.4 Å². The normalized spacial score (nSPS) is 34.3. The highest BCUT2D eigenvalue weighted by atomic mass is 35.5. The third-order valence-electron chi connectivity index (χ3n) is 4.70. The fraction of sp³-hybridized carbons (Fsp3) is 0.333. The molecule has 0 spiro atoms. The van der Waals surface area contributed by atoms with Gasteiger partial charge in [0.05, 0.1) is 28.5 Å². The van der Waals surface area contributed by atoms with E-state index in [9.17, 15) is 19.7 Å². The van der Waals surface area contributed by atoms with Crippen molar-refractivity contribution in [1.82, 2.24) is 0 Å². The summed E-state index contributed by atoms with van der Waals surface area (Å²) in [5.74, 6) is -2.23. The number of amides is 2. The smallest absolute Gasteiger partial charge is 0.294 e. The molecule has 118 valence electrons. The largest absolute Gasteiger partial charge is 0.362 e. The average molecular weight is 335 g/mol. The quantitative estimate of drug-likeness (QED) is 0.357. The molecular formula is C15H11ClN2O5. The molecule has 8 heteroatoms. The van der Waals surface area contributed by atoms with Gasteiger partial charge >= 0.3 is 0 Å². The number of hydrogen-bond donors (Lipinski definition) is 0. The Morgan fingerprint density at radius 2 is 2.09 bits per heavy atom. The van der Waals surface area contributed by atoms with Gasteiger partial charge in [0.25, 0.3) is 5.69 Å². The van der Waals surface area contributed by atoms with Gasteiger partial charge in [-0.25, -0.2) is 4.90 Å². The zero-order valence-electron chi connectivity index (χ0n) is 11.9. The Hall–Kier alpha value is -2.25. The van der Waals surface area contributed by atoms with Crippen LogP contribution in [0.2, 0.25) is 5.02 Å². The molecule has 23 heavy (non-hydrogen) atoms. The van der Waals surface area contributed by atoms with Crippen LogP contribution in [0.15, 0.2) is 30.4 Å². The Labute approximate surface area is 135 Å². The van der Waals surface area contributed by atoms with Crippen molar-refractivity contribution >= 4 is 34.8 Å². The molecule has 0 aromatic heterocycles. The lowest BCUT2D eigenvalue weighted by Crippen LogP contribution is -2.38. The Morgan fingerprint density at radius 1 is 1.35 bits per heavy atom. The number of nitrogens with zero attached hydrogens (tertiary/aromatic N) is 2. The first-order valence-corrected chi connectivity index (χ1v) is 7.40. The summed E-state index contributed by atoms with van der Waals surface area (Å²) in [6.07, 6.45) is 3.09. The molecule has 0 aliphatic carbocycles. The van der Waals surface area contributed by atoms with Gasteiger partial charge in [0.2, 0.25) is 11.8 Å². The second kappa shape index (κ2) is 4.39. The number of carbonyl (C=O) groups excluding carboxylic acids is 2. The molecule has 1 aromatic rings. The topological polar surface area (TPSA) is 89.8 Å². The summed E-state index contributed by atoms with van der Waals surface area (Å²) in [5, 5.41) is 11.4. The van der Waals surface area contributed by atoms with Crippen molar-refractivity contribution in [3.63, 3.8) is 0 Å². The number of anilines is 1. The van der Waals surface area contributed by atoms with E-state index in [0.29, 0.717) is 0 Å². The molecule has 1 aromatic carbocycles. The van der Waals surface area contributed by atoms with E-state index in [1.54, 1.807) is 19.1 Å². The minimum absolute atomic E-state index is 0.0493. The lowest BCUT2D eigenvalue weighted by molar-refractivity contribution is -0.384. The molecule has 2 bridgehead atoms. The molecule has 2 amide bonds. The average Bonchev–Trinajstić information content (AvgIpc) is 3.09. The second-order valence-electron chi connectivity index (χ2n) is 6.03. The van der Waals surface area contributed by atoms with Crippen LogP contribution in [0.4, 0.5) is 11.4 Å². The third kappa shape index (κ3) is 1.74. The third-order valence-corrected chi connectivity index (χ3v) is 4.94. The highest BCUT2D eigenvalue weighted by molar-refractivity contribution is 6.31. The maximum absolute atomic E-state index is 12.8. The van der Waals surface area contributed by atoms with E-state index in [1.165, 1.54) is 12.1 Å². The van der Waals surface area contributed by atoms with Crippen LogP contribution in [0.1, 0.15) is 6.92 Å². The summed E-state index contributed by atoms with van der Waals surface area (Å²) in [5.41, 5.74) is -1.25. The predicted molar refractivity (Wildman–Crippen MR) is 80.0 cm³/mol. The number of halogens is 1. The second-order valence-corrected chi connectivity index (χ2v) is 6.47. The number of nitro benzene ring substituents is 1. The van der Waals surface area contributed by atoms with E-state index in [-0.39, 0.29) is 16.4 Å². The van der Waals surface area contributed by atoms with Crippen molar-refractivity contribution in [2.45, 2.75) is 18.6 Å². The molecule has 0 radical (unpaired) electrons. The van der Waals surface area contributed by atoms with E-state index in [1.807, 2.05) is 0 Å². The van der Waals surface area contributed by atoms with Crippen LogP contribution in [0, 0.1) is 22.0 Å². The van der Waals surface area contributed by atoms with Gasteiger partial charge in [0.1, 0.15) is 5.69 Å². The Balaban J connectivity index is 1.83. The lowest BCUT2D eigenvalue weighted by Gasteiger charge is -2.24. The standard InChI is InChI=1S/C15H11ClN2O5/c1-15-5-4-10(23-15)11-12(15)14(20)17(13(11)19)8-3-2-7(16)6-9(8)18(21)22/h2-6,10-12H,1H3/t10-,11-,12+,15-/m0/s1. The van der Waals surface area contributed by atoms with E-state index < -0.39 is 40.3 Å². The van der Waals surface area contributed by atoms with Crippen molar-refractivity contribution in [3.05, 3.63) is 45.5 Å². The summed E-state index contributed by atoms with van der Waals surface area (Å²) in [6.45, 7) is 1.75. The Kier molecular flexibility index (Phi) is 2.74. The maximum Gasteiger partial charge on any atom is 0.294 e. The molecule has 4 atom stereocenters. The molecular weight excluding hydrogens is 324 g/mol. The molecule has 0 N–H and O–H groups in total. The zero-order valence-corrected chi connectivity index (χ0v) is 12.7. The molecule has 0 saturated carbocycles. The van der Waals surface area contributed by atoms with Crippen molar-refractivity contribution < 1.29 is 19.2 Å². The first-order valence-electron chi connectivity index (χ1n) is 7.02. The Morgan fingerprint density at radius 3 is 2.74 bits per heavy atom. The highest BCUT2D eigenvalue weighted by Crippen LogP contribution is 2.53. The van der Waals surface area contributed by atoms with Gasteiger partial charge in [0, 0.05) is 11.1 Å². The molecule has 7 nitrogen and oxygen atoms in total. The summed E-state index contributed by atoms with van der Waals surface area (Å²) >= 11 is 5.79. The van der Waals surface area contributed by atoms with Crippen molar-refractivity contribution in [2.75, 3.05) is 4.90 Å². The van der Waals surface area contributed by atoms with Gasteiger partial charge in [-0.15, -0.1) is 0 Å². The lowest BCUT2D eigenvalue weighted by atomic mass is 9.78. The van der Waals surface area contributed by atoms with Gasteiger partial charge < -0.3 is 4.74 Å². The molecule has 4 rings (SSSR count). The number of rotatable bonds is 2. The van der Waals surface area contributed by atoms with Gasteiger partial charge in [-0.05, 0) is 19.1 Å². The van der Waals surface area contributed by atoms with Gasteiger partial charge in [-0.1, -0.05) is 23.8 Å². The fourth-order valence-electron chi connectivity index (χ4n) is 3.72. The zero-order chi connectivity index (χ0) is 16.5. The van der Waals surface area contributed by atoms with Crippen molar-refractivity contribution in [1.29, 1.82) is 0 Å². The molecule has 3 heterocycles. The molecule has 0 unspecified atom stereocenters. The number of imide groups is 1. The van der Waals surface area contributed by atoms with Crippen LogP contribution >= 0.6 is 11.6 Å². The van der Waals surface area contributed by atoms with Crippen LogP contribution in [0.3, 0.4) is 0 Å². The number of fused-ring (bicyclic) bond motifs is 5. The SMILES string of the molecule is C[C@@]12C=C[C@H](O1)[C@@H]1C(=O)N(c3ccc(Cl)cc3[N+](=O)[O-])C(=O)[C@@H]12. The first kappa shape index (κ1) is 14.3. The number of benzene rings is 1. The van der Waals surface area contributed by atoms with E-state index >= 15 is 0 Å². The van der Waals surface area contributed by atoms with Gasteiger partial charge in [-0.3, -0.25) is 19.7 Å². The van der Waals surface area contributed by atoms with E-state index in [2.05, 4.69) is 0 Å². The minimum atomic E-state index is -0.835. The van der Waals surface area contributed by atoms with Crippen molar-refractivity contribution in [3.8, 4) is 0 Å². The van der Waals surface area contributed by atoms with Crippen molar-refractivity contribution in [2.24, 2.45) is 11.8 Å². The fourth-order valence-corrected chi connectivity index (χ4v) is 3.89. The van der Waals surface area contributed by atoms with Crippen LogP contribution < -0.4 is 4.90 Å². The first-order chi connectivity index (χ1) is 10.8. The molecule has 3 aliphatic rings. The molecule has 2 fully saturated rings. The summed E-state index contributed by atoms with van der Waals surface area (Å²) in [7, 11) is 0. The van der Waals surface area contributed by atoms with Crippen LogP contribution in [0.25, 0.3) is 0 Å². The number of carbonyl (C=O) groups is 2. The highest BCUT2D eigenvalue weighted by Gasteiger charge is 2.66. The van der Waals surface area contributed by atoms with E-state index in [0.717, 1.165) is 11.0 Å². The van der Waals surface area contributed by atoms with Gasteiger partial charge in [0.15, 0.2) is 0 Å².